The Labute approximate surface area is 116 Å². The molecule has 1 aromatic rings. The predicted molar refractivity (Wildman–Crippen MR) is 79.9 cm³/mol. The number of nitrogens with zero attached hydrogens (tertiary/aromatic N) is 1. The van der Waals surface area contributed by atoms with Crippen LogP contribution in [0.2, 0.25) is 0 Å². The number of rotatable bonds is 7. The summed E-state index contributed by atoms with van der Waals surface area (Å²) in [5.74, 6) is 0.134. The Hall–Kier alpha value is -1.35. The summed E-state index contributed by atoms with van der Waals surface area (Å²) in [6, 6.07) is 10.5. The molecule has 0 saturated heterocycles. The van der Waals surface area contributed by atoms with E-state index in [1.807, 2.05) is 27.0 Å². The first-order chi connectivity index (χ1) is 8.97. The number of hydrogen-bond donors (Lipinski definition) is 1. The number of nitrogens with two attached hydrogens (primary N) is 1. The van der Waals surface area contributed by atoms with Crippen LogP contribution in [0.15, 0.2) is 30.3 Å². The molecule has 106 valence electrons. The van der Waals surface area contributed by atoms with E-state index in [0.717, 1.165) is 25.8 Å². The van der Waals surface area contributed by atoms with Gasteiger partial charge in [0.1, 0.15) is 0 Å². The minimum absolute atomic E-state index is 0.134. The first kappa shape index (κ1) is 15.7. The molecule has 0 bridgehead atoms. The molecule has 19 heavy (non-hydrogen) atoms. The number of hydrogen-bond acceptors (Lipinski definition) is 2. The largest absolute Gasteiger partial charge is 0.345 e. The quantitative estimate of drug-likeness (QED) is 0.767. The molecule has 0 heterocycles. The van der Waals surface area contributed by atoms with Crippen molar-refractivity contribution >= 4 is 5.91 Å². The van der Waals surface area contributed by atoms with Crippen molar-refractivity contribution in [3.8, 4) is 0 Å². The van der Waals surface area contributed by atoms with E-state index in [0.29, 0.717) is 6.54 Å². The van der Waals surface area contributed by atoms with Crippen molar-refractivity contribution in [2.24, 2.45) is 11.1 Å². The van der Waals surface area contributed by atoms with E-state index < -0.39 is 5.41 Å². The normalized spacial score (nSPS) is 11.4. The minimum Gasteiger partial charge on any atom is -0.345 e. The van der Waals surface area contributed by atoms with E-state index >= 15 is 0 Å². The maximum absolute atomic E-state index is 12.1. The van der Waals surface area contributed by atoms with Gasteiger partial charge in [-0.05, 0) is 38.7 Å². The number of benzene rings is 1. The van der Waals surface area contributed by atoms with Crippen molar-refractivity contribution in [2.45, 2.75) is 33.1 Å². The van der Waals surface area contributed by atoms with Gasteiger partial charge in [-0.1, -0.05) is 30.3 Å². The van der Waals surface area contributed by atoms with Gasteiger partial charge in [0.15, 0.2) is 0 Å². The van der Waals surface area contributed by atoms with E-state index in [-0.39, 0.29) is 5.91 Å². The lowest BCUT2D eigenvalue weighted by molar-refractivity contribution is -0.138. The summed E-state index contributed by atoms with van der Waals surface area (Å²) < 4.78 is 0. The van der Waals surface area contributed by atoms with Crippen LogP contribution in [0.5, 0.6) is 0 Å². The van der Waals surface area contributed by atoms with Crippen molar-refractivity contribution in [1.29, 1.82) is 0 Å². The Kier molecular flexibility index (Phi) is 6.03. The minimum atomic E-state index is -0.450. The van der Waals surface area contributed by atoms with Crippen LogP contribution in [0.3, 0.4) is 0 Å². The summed E-state index contributed by atoms with van der Waals surface area (Å²) in [6.45, 7) is 4.99. The van der Waals surface area contributed by atoms with E-state index in [1.165, 1.54) is 5.56 Å². The van der Waals surface area contributed by atoms with Crippen molar-refractivity contribution < 1.29 is 4.79 Å². The van der Waals surface area contributed by atoms with Crippen LogP contribution in [-0.4, -0.2) is 30.9 Å². The van der Waals surface area contributed by atoms with E-state index in [1.54, 1.807) is 4.90 Å². The first-order valence-corrected chi connectivity index (χ1v) is 6.97. The molecule has 0 aliphatic heterocycles. The molecule has 0 aromatic heterocycles. The predicted octanol–water partition coefficient (Wildman–Crippen LogP) is 2.45. The monoisotopic (exact) mass is 262 g/mol. The topological polar surface area (TPSA) is 46.3 Å². The SMILES string of the molecule is CN(CCCCc1ccccc1)C(=O)C(C)(C)CN. The molecule has 0 unspecified atom stereocenters. The molecule has 1 amide bonds. The number of carbonyl (C=O) groups is 1. The average Bonchev–Trinajstić information content (AvgIpc) is 2.43. The standard InChI is InChI=1S/C16H26N2O/c1-16(2,13-17)15(19)18(3)12-8-7-11-14-9-5-4-6-10-14/h4-6,9-10H,7-8,11-13,17H2,1-3H3. The van der Waals surface area contributed by atoms with E-state index in [9.17, 15) is 4.79 Å². The lowest BCUT2D eigenvalue weighted by Crippen LogP contribution is -2.43. The number of amides is 1. The zero-order valence-corrected chi connectivity index (χ0v) is 12.4. The third kappa shape index (κ3) is 5.03. The highest BCUT2D eigenvalue weighted by molar-refractivity contribution is 5.81. The van der Waals surface area contributed by atoms with Crippen LogP contribution in [0.1, 0.15) is 32.3 Å². The smallest absolute Gasteiger partial charge is 0.229 e. The molecule has 3 nitrogen and oxygen atoms in total. The fourth-order valence-electron chi connectivity index (χ4n) is 2.03. The molecule has 3 heteroatoms. The Balaban J connectivity index is 2.28. The third-order valence-electron chi connectivity index (χ3n) is 3.49. The Morgan fingerprint density at radius 1 is 1.21 bits per heavy atom. The van der Waals surface area contributed by atoms with Crippen molar-refractivity contribution in [3.05, 3.63) is 35.9 Å². The van der Waals surface area contributed by atoms with Gasteiger partial charge in [-0.25, -0.2) is 0 Å². The van der Waals surface area contributed by atoms with Gasteiger partial charge >= 0.3 is 0 Å². The molecule has 0 atom stereocenters. The molecule has 0 aliphatic rings. The summed E-state index contributed by atoms with van der Waals surface area (Å²) >= 11 is 0. The van der Waals surface area contributed by atoms with Crippen molar-refractivity contribution in [2.75, 3.05) is 20.1 Å². The Morgan fingerprint density at radius 3 is 2.42 bits per heavy atom. The van der Waals surface area contributed by atoms with Crippen LogP contribution in [0.25, 0.3) is 0 Å². The van der Waals surface area contributed by atoms with Crippen LogP contribution in [0, 0.1) is 5.41 Å². The summed E-state index contributed by atoms with van der Waals surface area (Å²) in [5, 5.41) is 0. The number of carbonyl (C=O) groups excluding carboxylic acids is 1. The second-order valence-electron chi connectivity index (χ2n) is 5.76. The molecular formula is C16H26N2O. The second-order valence-corrected chi connectivity index (χ2v) is 5.76. The van der Waals surface area contributed by atoms with Gasteiger partial charge in [-0.2, -0.15) is 0 Å². The van der Waals surface area contributed by atoms with E-state index in [2.05, 4.69) is 24.3 Å². The molecule has 0 fully saturated rings. The molecule has 1 aromatic carbocycles. The molecule has 2 N–H and O–H groups in total. The summed E-state index contributed by atoms with van der Waals surface area (Å²) in [7, 11) is 1.86. The van der Waals surface area contributed by atoms with Crippen LogP contribution in [0.4, 0.5) is 0 Å². The lowest BCUT2D eigenvalue weighted by atomic mass is 9.92. The maximum Gasteiger partial charge on any atom is 0.229 e. The molecular weight excluding hydrogens is 236 g/mol. The molecule has 0 radical (unpaired) electrons. The summed E-state index contributed by atoms with van der Waals surface area (Å²) in [6.07, 6.45) is 3.20. The van der Waals surface area contributed by atoms with Gasteiger partial charge in [0.2, 0.25) is 5.91 Å². The number of aryl methyl sites for hydroxylation is 1. The van der Waals surface area contributed by atoms with Gasteiger partial charge in [-0.15, -0.1) is 0 Å². The Bertz CT molecular complexity index is 387. The lowest BCUT2D eigenvalue weighted by Gasteiger charge is -2.28. The maximum atomic E-state index is 12.1. The zero-order valence-electron chi connectivity index (χ0n) is 12.4. The Morgan fingerprint density at radius 2 is 1.84 bits per heavy atom. The summed E-state index contributed by atoms with van der Waals surface area (Å²) in [4.78, 5) is 13.9. The molecule has 0 aliphatic carbocycles. The highest BCUT2D eigenvalue weighted by atomic mass is 16.2. The highest BCUT2D eigenvalue weighted by Gasteiger charge is 2.28. The van der Waals surface area contributed by atoms with Crippen molar-refractivity contribution in [1.82, 2.24) is 4.90 Å². The number of unbranched alkanes of at least 4 members (excludes halogenated alkanes) is 1. The van der Waals surface area contributed by atoms with Gasteiger partial charge in [0.25, 0.3) is 0 Å². The molecule has 1 rings (SSSR count). The fraction of sp³-hybridized carbons (Fsp3) is 0.562. The van der Waals surface area contributed by atoms with Crippen LogP contribution < -0.4 is 5.73 Å². The molecule has 0 spiro atoms. The van der Waals surface area contributed by atoms with E-state index in [4.69, 9.17) is 5.73 Å². The van der Waals surface area contributed by atoms with Gasteiger partial charge in [0, 0.05) is 20.1 Å². The average molecular weight is 262 g/mol. The fourth-order valence-corrected chi connectivity index (χ4v) is 2.03. The second kappa shape index (κ2) is 7.29. The third-order valence-corrected chi connectivity index (χ3v) is 3.49. The highest BCUT2D eigenvalue weighted by Crippen LogP contribution is 2.16. The van der Waals surface area contributed by atoms with Crippen molar-refractivity contribution in [3.63, 3.8) is 0 Å². The first-order valence-electron chi connectivity index (χ1n) is 6.97. The van der Waals surface area contributed by atoms with Crippen LogP contribution >= 0.6 is 0 Å². The summed E-state index contributed by atoms with van der Waals surface area (Å²) in [5.41, 5.74) is 6.54. The van der Waals surface area contributed by atoms with Gasteiger partial charge in [0.05, 0.1) is 5.41 Å². The zero-order chi connectivity index (χ0) is 14.3. The van der Waals surface area contributed by atoms with Gasteiger partial charge in [-0.3, -0.25) is 4.79 Å². The van der Waals surface area contributed by atoms with Gasteiger partial charge < -0.3 is 10.6 Å². The molecule has 0 saturated carbocycles. The van der Waals surface area contributed by atoms with Crippen LogP contribution in [-0.2, 0) is 11.2 Å².